The van der Waals surface area contributed by atoms with Crippen LogP contribution in [0.3, 0.4) is 0 Å². The topological polar surface area (TPSA) is 49.4 Å². The quantitative estimate of drug-likeness (QED) is 0.576. The van der Waals surface area contributed by atoms with E-state index in [9.17, 15) is 9.59 Å². The highest BCUT2D eigenvalue weighted by Gasteiger charge is 2.19. The van der Waals surface area contributed by atoms with Gasteiger partial charge in [0.1, 0.15) is 0 Å². The van der Waals surface area contributed by atoms with Crippen molar-refractivity contribution >= 4 is 35.2 Å². The Bertz CT molecular complexity index is 762. The summed E-state index contributed by atoms with van der Waals surface area (Å²) in [4.78, 5) is 26.9. The molecule has 0 aliphatic carbocycles. The number of carbonyl (C=O) groups excluding carboxylic acids is 2. The van der Waals surface area contributed by atoms with E-state index in [4.69, 9.17) is 11.6 Å². The molecule has 1 saturated heterocycles. The molecule has 0 spiro atoms. The van der Waals surface area contributed by atoms with Crippen molar-refractivity contribution in [2.45, 2.75) is 24.3 Å². The van der Waals surface area contributed by atoms with E-state index in [1.165, 1.54) is 0 Å². The van der Waals surface area contributed by atoms with Crippen molar-refractivity contribution in [3.8, 4) is 0 Å². The molecule has 0 radical (unpaired) electrons. The Balaban J connectivity index is 1.42. The van der Waals surface area contributed by atoms with Crippen LogP contribution in [-0.4, -0.2) is 35.6 Å². The zero-order chi connectivity index (χ0) is 18.4. The molecule has 6 heteroatoms. The van der Waals surface area contributed by atoms with Gasteiger partial charge < -0.3 is 10.2 Å². The Morgan fingerprint density at radius 3 is 2.50 bits per heavy atom. The predicted molar refractivity (Wildman–Crippen MR) is 106 cm³/mol. The molecular weight excluding hydrogens is 368 g/mol. The number of carbonyl (C=O) groups is 2. The van der Waals surface area contributed by atoms with E-state index >= 15 is 0 Å². The number of halogens is 1. The van der Waals surface area contributed by atoms with E-state index in [1.807, 2.05) is 53.4 Å². The van der Waals surface area contributed by atoms with Crippen LogP contribution in [0.25, 0.3) is 0 Å². The fourth-order valence-corrected chi connectivity index (χ4v) is 3.71. The van der Waals surface area contributed by atoms with Crippen molar-refractivity contribution in [3.05, 3.63) is 64.7 Å². The largest absolute Gasteiger partial charge is 0.351 e. The molecule has 2 aromatic rings. The van der Waals surface area contributed by atoms with Gasteiger partial charge in [-0.15, -0.1) is 11.8 Å². The number of likely N-dealkylation sites (tertiary alicyclic amines) is 1. The Kier molecular flexibility index (Phi) is 6.58. The molecule has 1 fully saturated rings. The minimum Gasteiger partial charge on any atom is -0.351 e. The summed E-state index contributed by atoms with van der Waals surface area (Å²) in [5.41, 5.74) is 1.69. The molecule has 0 saturated carbocycles. The smallest absolute Gasteiger partial charge is 0.251 e. The summed E-state index contributed by atoms with van der Waals surface area (Å²) in [6.07, 6.45) is 1.59. The normalized spacial score (nSPS) is 13.9. The lowest BCUT2D eigenvalue weighted by Gasteiger charge is -2.15. The van der Waals surface area contributed by atoms with Gasteiger partial charge in [-0.3, -0.25) is 9.59 Å². The lowest BCUT2D eigenvalue weighted by molar-refractivity contribution is -0.128. The second-order valence-electron chi connectivity index (χ2n) is 6.17. The predicted octanol–water partition coefficient (Wildman–Crippen LogP) is 3.98. The summed E-state index contributed by atoms with van der Waals surface area (Å²) < 4.78 is 0. The van der Waals surface area contributed by atoms with Crippen LogP contribution in [0.5, 0.6) is 0 Å². The molecule has 1 aliphatic rings. The van der Waals surface area contributed by atoms with Crippen LogP contribution in [0.1, 0.15) is 28.8 Å². The van der Waals surface area contributed by atoms with Crippen LogP contribution in [-0.2, 0) is 11.3 Å². The van der Waals surface area contributed by atoms with E-state index in [2.05, 4.69) is 5.32 Å². The summed E-state index contributed by atoms with van der Waals surface area (Å²) in [6.45, 7) is 2.04. The van der Waals surface area contributed by atoms with E-state index in [-0.39, 0.29) is 11.8 Å². The first-order chi connectivity index (χ1) is 12.6. The summed E-state index contributed by atoms with van der Waals surface area (Å²) in [5.74, 6) is 0.929. The average molecular weight is 389 g/mol. The molecule has 1 N–H and O–H groups in total. The zero-order valence-electron chi connectivity index (χ0n) is 14.4. The summed E-state index contributed by atoms with van der Waals surface area (Å²) in [6, 6.07) is 15.1. The third kappa shape index (κ3) is 5.26. The van der Waals surface area contributed by atoms with Gasteiger partial charge in [0.05, 0.1) is 0 Å². The highest BCUT2D eigenvalue weighted by molar-refractivity contribution is 7.99. The molecule has 0 aromatic heterocycles. The van der Waals surface area contributed by atoms with Crippen LogP contribution in [0.15, 0.2) is 53.4 Å². The molecule has 26 heavy (non-hydrogen) atoms. The number of thioether (sulfide) groups is 1. The second-order valence-corrected chi connectivity index (χ2v) is 7.78. The number of rotatable bonds is 7. The second kappa shape index (κ2) is 9.10. The number of amides is 2. The Hall–Kier alpha value is -1.98. The first kappa shape index (κ1) is 18.8. The first-order valence-corrected chi connectivity index (χ1v) is 10.0. The number of hydrogen-bond acceptors (Lipinski definition) is 3. The molecule has 2 aromatic carbocycles. The van der Waals surface area contributed by atoms with Gasteiger partial charge in [-0.2, -0.15) is 0 Å². The average Bonchev–Trinajstić information content (AvgIpc) is 3.05. The number of nitrogens with one attached hydrogen (secondary N) is 1. The number of hydrogen-bond donors (Lipinski definition) is 1. The molecule has 136 valence electrons. The fraction of sp³-hybridized carbons (Fsp3) is 0.300. The molecule has 3 rings (SSSR count). The van der Waals surface area contributed by atoms with Crippen molar-refractivity contribution in [2.24, 2.45) is 0 Å². The Morgan fingerprint density at radius 2 is 1.85 bits per heavy atom. The molecule has 4 nitrogen and oxygen atoms in total. The fourth-order valence-electron chi connectivity index (χ4n) is 2.82. The Labute approximate surface area is 162 Å². The van der Waals surface area contributed by atoms with Crippen LogP contribution in [0.4, 0.5) is 0 Å². The van der Waals surface area contributed by atoms with Gasteiger partial charge in [-0.1, -0.05) is 23.7 Å². The van der Waals surface area contributed by atoms with Crippen LogP contribution < -0.4 is 5.32 Å². The maximum atomic E-state index is 12.2. The van der Waals surface area contributed by atoms with Gasteiger partial charge in [-0.25, -0.2) is 0 Å². The minimum absolute atomic E-state index is 0.0782. The molecular formula is C20H21ClN2O2S. The van der Waals surface area contributed by atoms with Gasteiger partial charge in [0, 0.05) is 47.3 Å². The third-order valence-electron chi connectivity index (χ3n) is 4.23. The van der Waals surface area contributed by atoms with Crippen LogP contribution in [0.2, 0.25) is 5.02 Å². The van der Waals surface area contributed by atoms with E-state index in [1.54, 1.807) is 11.8 Å². The van der Waals surface area contributed by atoms with Gasteiger partial charge >= 0.3 is 0 Å². The zero-order valence-corrected chi connectivity index (χ0v) is 16.0. The van der Waals surface area contributed by atoms with E-state index < -0.39 is 0 Å². The van der Waals surface area contributed by atoms with Crippen molar-refractivity contribution < 1.29 is 9.59 Å². The molecule has 0 unspecified atom stereocenters. The maximum absolute atomic E-state index is 12.2. The summed E-state index contributed by atoms with van der Waals surface area (Å²) in [7, 11) is 0. The molecule has 1 heterocycles. The number of nitrogens with zero attached hydrogens (tertiary/aromatic N) is 1. The summed E-state index contributed by atoms with van der Waals surface area (Å²) >= 11 is 7.54. The van der Waals surface area contributed by atoms with Gasteiger partial charge in [0.25, 0.3) is 5.91 Å². The Morgan fingerprint density at radius 1 is 1.12 bits per heavy atom. The maximum Gasteiger partial charge on any atom is 0.251 e. The summed E-state index contributed by atoms with van der Waals surface area (Å²) in [5, 5.41) is 3.65. The van der Waals surface area contributed by atoms with Crippen LogP contribution in [0, 0.1) is 0 Å². The highest BCUT2D eigenvalue weighted by atomic mass is 35.5. The number of benzene rings is 2. The van der Waals surface area contributed by atoms with E-state index in [0.29, 0.717) is 25.1 Å². The van der Waals surface area contributed by atoms with Crippen molar-refractivity contribution in [3.63, 3.8) is 0 Å². The monoisotopic (exact) mass is 388 g/mol. The van der Waals surface area contributed by atoms with Gasteiger partial charge in [0.15, 0.2) is 0 Å². The lowest BCUT2D eigenvalue weighted by Crippen LogP contribution is -2.26. The van der Waals surface area contributed by atoms with Crippen molar-refractivity contribution in [1.82, 2.24) is 10.2 Å². The van der Waals surface area contributed by atoms with E-state index in [0.717, 1.165) is 34.2 Å². The standard InChI is InChI=1S/C20H21ClN2O2S/c21-17-7-9-18(10-8-17)26-13-11-22-20(25)16-5-3-15(4-6-16)14-23-12-1-2-19(23)24/h3-10H,1-2,11-14H2,(H,22,25). The molecule has 1 aliphatic heterocycles. The molecule has 0 atom stereocenters. The highest BCUT2D eigenvalue weighted by Crippen LogP contribution is 2.19. The minimum atomic E-state index is -0.0782. The molecule has 0 bridgehead atoms. The SMILES string of the molecule is O=C(NCCSc1ccc(Cl)cc1)c1ccc(CN2CCCC2=O)cc1. The lowest BCUT2D eigenvalue weighted by atomic mass is 10.1. The van der Waals surface area contributed by atoms with Gasteiger partial charge in [-0.05, 0) is 48.4 Å². The van der Waals surface area contributed by atoms with Gasteiger partial charge in [0.2, 0.25) is 5.91 Å². The first-order valence-electron chi connectivity index (χ1n) is 8.65. The van der Waals surface area contributed by atoms with Crippen LogP contribution >= 0.6 is 23.4 Å². The van der Waals surface area contributed by atoms with Crippen molar-refractivity contribution in [2.75, 3.05) is 18.8 Å². The molecule has 2 amide bonds. The van der Waals surface area contributed by atoms with Crippen molar-refractivity contribution in [1.29, 1.82) is 0 Å². The third-order valence-corrected chi connectivity index (χ3v) is 5.50.